The number of nitrogens with two attached hydrogens (primary N) is 1. The van der Waals surface area contributed by atoms with E-state index in [0.29, 0.717) is 29.4 Å². The second-order valence-corrected chi connectivity index (χ2v) is 27.2. The zero-order chi connectivity index (χ0) is 31.7. The monoisotopic (exact) mass is 615 g/mol. The van der Waals surface area contributed by atoms with Crippen LogP contribution in [0.3, 0.4) is 0 Å². The van der Waals surface area contributed by atoms with Crippen molar-refractivity contribution in [3.05, 3.63) is 29.1 Å². The molecule has 6 atom stereocenters. The van der Waals surface area contributed by atoms with Crippen LogP contribution in [0, 0.1) is 34.5 Å². The van der Waals surface area contributed by atoms with E-state index in [9.17, 15) is 4.79 Å². The minimum absolute atomic E-state index is 0.0733. The van der Waals surface area contributed by atoms with Crippen LogP contribution in [0.2, 0.25) is 36.3 Å². The lowest BCUT2D eigenvalue weighted by molar-refractivity contribution is -0.0707. The van der Waals surface area contributed by atoms with E-state index in [1.165, 1.54) is 18.4 Å². The summed E-state index contributed by atoms with van der Waals surface area (Å²) in [5.74, 6) is 1.32. The van der Waals surface area contributed by atoms with Gasteiger partial charge in [-0.15, -0.1) is 0 Å². The van der Waals surface area contributed by atoms with E-state index in [1.807, 2.05) is 0 Å². The van der Waals surface area contributed by atoms with Crippen LogP contribution in [0.15, 0.2) is 12.2 Å². The van der Waals surface area contributed by atoms with Crippen molar-refractivity contribution in [2.75, 3.05) is 13.2 Å². The maximum absolute atomic E-state index is 12.5. The van der Waals surface area contributed by atoms with Crippen LogP contribution in [0.4, 0.5) is 0 Å². The van der Waals surface area contributed by atoms with Gasteiger partial charge in [0, 0.05) is 24.5 Å². The second-order valence-electron chi connectivity index (χ2n) is 17.6. The van der Waals surface area contributed by atoms with Crippen LogP contribution >= 0.6 is 0 Å². The third-order valence-electron chi connectivity index (χ3n) is 13.3. The lowest BCUT2D eigenvalue weighted by Gasteiger charge is -2.57. The second kappa shape index (κ2) is 11.0. The first kappa shape index (κ1) is 33.7. The Balaban J connectivity index is 1.77. The number of allylic oxidation sites excluding steroid dienone is 1. The Morgan fingerprint density at radius 2 is 1.57 bits per heavy atom. The molecule has 0 radical (unpaired) electrons. The van der Waals surface area contributed by atoms with E-state index in [0.717, 1.165) is 50.2 Å². The van der Waals surface area contributed by atoms with Gasteiger partial charge in [0.1, 0.15) is 0 Å². The Hall–Kier alpha value is -1.23. The fourth-order valence-electron chi connectivity index (χ4n) is 7.94. The molecule has 6 nitrogen and oxygen atoms in total. The van der Waals surface area contributed by atoms with E-state index < -0.39 is 22.5 Å². The Labute approximate surface area is 258 Å². The van der Waals surface area contributed by atoms with E-state index in [4.69, 9.17) is 14.6 Å². The van der Waals surface area contributed by atoms with E-state index in [2.05, 4.69) is 98.4 Å². The van der Waals surface area contributed by atoms with Crippen molar-refractivity contribution in [2.24, 2.45) is 40.2 Å². The highest BCUT2D eigenvalue weighted by atomic mass is 28.4. The molecule has 1 aromatic heterocycles. The molecular formula is C34H61N3O3Si2. The largest absolute Gasteiger partial charge is 0.417 e. The van der Waals surface area contributed by atoms with Crippen LogP contribution in [0.1, 0.15) is 103 Å². The molecule has 0 bridgehead atoms. The molecule has 3 aliphatic carbocycles. The summed E-state index contributed by atoms with van der Waals surface area (Å²) in [6, 6.07) is 0. The molecule has 4 rings (SSSR count). The summed E-state index contributed by atoms with van der Waals surface area (Å²) >= 11 is 0. The Morgan fingerprint density at radius 1 is 1.00 bits per heavy atom. The molecule has 42 heavy (non-hydrogen) atoms. The standard InChI is InChI=1S/C34H61N3O3Si2/c1-22-14-15-26-25(21-40-42(12,13)32(5,6)7)27(16-17-33(22,26)8)34(9)19-24-28(36-37-29(24)30(35)38)18-23(34)20-39-41(10,11)31(2,3)4/h23,25-27H,1,14-21H2,2-13H3,(H2,35,38)(H,36,37)/t23-,25+,26+,27+,33-,34+/m1/s1. The molecule has 2 fully saturated rings. The van der Waals surface area contributed by atoms with Crippen molar-refractivity contribution in [2.45, 2.75) is 130 Å². The molecule has 3 aliphatic rings. The third-order valence-corrected chi connectivity index (χ3v) is 22.3. The molecule has 3 N–H and O–H groups in total. The summed E-state index contributed by atoms with van der Waals surface area (Å²) < 4.78 is 14.1. The summed E-state index contributed by atoms with van der Waals surface area (Å²) in [5.41, 5.74) is 9.90. The van der Waals surface area contributed by atoms with Gasteiger partial charge in [0.15, 0.2) is 22.3 Å². The number of H-pyrrole nitrogens is 1. The first-order chi connectivity index (χ1) is 19.1. The van der Waals surface area contributed by atoms with Crippen LogP contribution in [-0.4, -0.2) is 46.0 Å². The van der Waals surface area contributed by atoms with Gasteiger partial charge in [0.05, 0.1) is 0 Å². The average Bonchev–Trinajstić information content (AvgIpc) is 3.39. The smallest absolute Gasteiger partial charge is 0.269 e. The van der Waals surface area contributed by atoms with Gasteiger partial charge in [-0.05, 0) is 109 Å². The zero-order valence-electron chi connectivity index (χ0n) is 28.9. The molecule has 8 heteroatoms. The summed E-state index contributed by atoms with van der Waals surface area (Å²) in [7, 11) is -3.90. The summed E-state index contributed by atoms with van der Waals surface area (Å²) in [6.07, 6.45) is 6.27. The number of primary amides is 1. The fourth-order valence-corrected chi connectivity index (χ4v) is 10.0. The number of carbonyl (C=O) groups is 1. The number of aromatic amines is 1. The summed E-state index contributed by atoms with van der Waals surface area (Å²) in [6.45, 7) is 34.5. The molecule has 1 amide bonds. The first-order valence-corrected chi connectivity index (χ1v) is 22.2. The van der Waals surface area contributed by atoms with Crippen molar-refractivity contribution in [3.63, 3.8) is 0 Å². The Morgan fingerprint density at radius 3 is 2.12 bits per heavy atom. The van der Waals surface area contributed by atoms with Crippen LogP contribution in [-0.2, 0) is 21.7 Å². The van der Waals surface area contributed by atoms with Gasteiger partial charge in [-0.1, -0.05) is 67.5 Å². The molecule has 0 saturated heterocycles. The molecule has 2 saturated carbocycles. The lowest BCUT2D eigenvalue weighted by atomic mass is 9.49. The predicted molar refractivity (Wildman–Crippen MR) is 179 cm³/mol. The molecule has 0 aromatic carbocycles. The van der Waals surface area contributed by atoms with Gasteiger partial charge in [-0.25, -0.2) is 0 Å². The average molecular weight is 616 g/mol. The number of nitrogens with zero attached hydrogens (tertiary/aromatic N) is 1. The summed E-state index contributed by atoms with van der Waals surface area (Å²) in [5, 5.41) is 7.93. The summed E-state index contributed by atoms with van der Waals surface area (Å²) in [4.78, 5) is 12.5. The maximum atomic E-state index is 12.5. The topological polar surface area (TPSA) is 90.2 Å². The van der Waals surface area contributed by atoms with E-state index in [-0.39, 0.29) is 20.9 Å². The molecular weight excluding hydrogens is 555 g/mol. The number of hydrogen-bond acceptors (Lipinski definition) is 4. The van der Waals surface area contributed by atoms with Crippen molar-refractivity contribution >= 4 is 22.5 Å². The zero-order valence-corrected chi connectivity index (χ0v) is 30.9. The minimum atomic E-state index is -1.96. The van der Waals surface area contributed by atoms with Crippen molar-refractivity contribution < 1.29 is 13.6 Å². The quantitative estimate of drug-likeness (QED) is 0.227. The number of aromatic nitrogens is 2. The molecule has 1 aromatic rings. The molecule has 0 unspecified atom stereocenters. The van der Waals surface area contributed by atoms with Crippen molar-refractivity contribution in [3.8, 4) is 0 Å². The number of amides is 1. The Kier molecular flexibility index (Phi) is 8.81. The van der Waals surface area contributed by atoms with E-state index >= 15 is 0 Å². The van der Waals surface area contributed by atoms with Crippen LogP contribution in [0.25, 0.3) is 0 Å². The minimum Gasteiger partial charge on any atom is -0.417 e. The van der Waals surface area contributed by atoms with Crippen LogP contribution < -0.4 is 5.73 Å². The molecule has 238 valence electrons. The normalized spacial score (nSPS) is 32.5. The van der Waals surface area contributed by atoms with Crippen molar-refractivity contribution in [1.82, 2.24) is 10.2 Å². The highest BCUT2D eigenvalue weighted by molar-refractivity contribution is 6.74. The fraction of sp³-hybridized carbons (Fsp3) is 0.824. The highest BCUT2D eigenvalue weighted by Crippen LogP contribution is 2.63. The van der Waals surface area contributed by atoms with Gasteiger partial charge in [-0.2, -0.15) is 5.10 Å². The van der Waals surface area contributed by atoms with Gasteiger partial charge in [0.25, 0.3) is 5.91 Å². The first-order valence-electron chi connectivity index (χ1n) is 16.4. The number of fused-ring (bicyclic) bond motifs is 2. The maximum Gasteiger partial charge on any atom is 0.269 e. The lowest BCUT2D eigenvalue weighted by Crippen LogP contribution is -2.54. The highest BCUT2D eigenvalue weighted by Gasteiger charge is 2.58. The number of rotatable bonds is 8. The number of carbonyl (C=O) groups excluding carboxylic acids is 1. The van der Waals surface area contributed by atoms with E-state index in [1.54, 1.807) is 0 Å². The van der Waals surface area contributed by atoms with Gasteiger partial charge in [0.2, 0.25) is 0 Å². The molecule has 0 spiro atoms. The number of nitrogens with one attached hydrogen (secondary N) is 1. The number of hydrogen-bond donors (Lipinski definition) is 2. The predicted octanol–water partition coefficient (Wildman–Crippen LogP) is 8.27. The molecule has 0 aliphatic heterocycles. The van der Waals surface area contributed by atoms with Gasteiger partial charge < -0.3 is 14.6 Å². The molecule has 1 heterocycles. The Bertz CT molecular complexity index is 1190. The van der Waals surface area contributed by atoms with Crippen LogP contribution in [0.5, 0.6) is 0 Å². The SMILES string of the molecule is C=C1CC[C@H]2[C@H](CO[Si](C)(C)C(C)(C)C)[C@@H]([C@@]3(C)Cc4c(C(N)=O)n[nH]c4C[C@@H]3CO[Si](C)(C)C(C)(C)C)CC[C@]12C. The van der Waals surface area contributed by atoms with Gasteiger partial charge >= 0.3 is 0 Å². The van der Waals surface area contributed by atoms with Crippen molar-refractivity contribution in [1.29, 1.82) is 0 Å². The third kappa shape index (κ3) is 5.79. The van der Waals surface area contributed by atoms with Gasteiger partial charge in [-0.3, -0.25) is 9.89 Å².